The number of rotatable bonds is 16. The molecular weight excluding hydrogens is 482 g/mol. The van der Waals surface area contributed by atoms with Crippen LogP contribution in [0, 0.1) is 11.6 Å². The molecule has 3 aromatic carbocycles. The van der Waals surface area contributed by atoms with Crippen molar-refractivity contribution in [2.75, 3.05) is 6.61 Å². The van der Waals surface area contributed by atoms with E-state index in [0.29, 0.717) is 12.8 Å². The Bertz CT molecular complexity index is 1120. The molecule has 38 heavy (non-hydrogen) atoms. The van der Waals surface area contributed by atoms with Gasteiger partial charge in [-0.1, -0.05) is 102 Å². The minimum absolute atomic E-state index is 0.257. The SMILES string of the molecule is CCCCCCCCCCCOc1ccc(-c2ccc(C(=O)Oc3ccc(CCC)c(F)c3F)cc2)cc1. The summed E-state index contributed by atoms with van der Waals surface area (Å²) < 4.78 is 39.5. The number of halogens is 2. The normalized spacial score (nSPS) is 10.9. The number of benzene rings is 3. The molecule has 0 heterocycles. The second-order valence-corrected chi connectivity index (χ2v) is 9.77. The molecule has 0 bridgehead atoms. The highest BCUT2D eigenvalue weighted by molar-refractivity contribution is 5.91. The molecule has 0 spiro atoms. The van der Waals surface area contributed by atoms with Crippen LogP contribution in [-0.4, -0.2) is 12.6 Å². The highest BCUT2D eigenvalue weighted by Crippen LogP contribution is 2.26. The monoisotopic (exact) mass is 522 g/mol. The molecular formula is C33H40F2O3. The number of aryl methyl sites for hydroxylation is 1. The van der Waals surface area contributed by atoms with E-state index in [1.807, 2.05) is 31.2 Å². The van der Waals surface area contributed by atoms with E-state index in [2.05, 4.69) is 6.92 Å². The maximum atomic E-state index is 14.3. The van der Waals surface area contributed by atoms with Gasteiger partial charge in [0.15, 0.2) is 11.6 Å². The number of carbonyl (C=O) groups is 1. The number of hydrogen-bond acceptors (Lipinski definition) is 3. The van der Waals surface area contributed by atoms with Crippen molar-refractivity contribution < 1.29 is 23.0 Å². The van der Waals surface area contributed by atoms with E-state index >= 15 is 0 Å². The van der Waals surface area contributed by atoms with Crippen LogP contribution >= 0.6 is 0 Å². The smallest absolute Gasteiger partial charge is 0.343 e. The summed E-state index contributed by atoms with van der Waals surface area (Å²) in [6, 6.07) is 17.5. The van der Waals surface area contributed by atoms with Crippen molar-refractivity contribution >= 4 is 5.97 Å². The summed E-state index contributed by atoms with van der Waals surface area (Å²) in [6.45, 7) is 4.85. The molecule has 0 amide bonds. The summed E-state index contributed by atoms with van der Waals surface area (Å²) in [7, 11) is 0. The molecule has 0 aromatic heterocycles. The Balaban J connectivity index is 1.44. The van der Waals surface area contributed by atoms with Gasteiger partial charge in [0.25, 0.3) is 0 Å². The summed E-state index contributed by atoms with van der Waals surface area (Å²) in [5, 5.41) is 0. The minimum atomic E-state index is -1.14. The van der Waals surface area contributed by atoms with Gasteiger partial charge in [-0.2, -0.15) is 4.39 Å². The Hall–Kier alpha value is -3.21. The van der Waals surface area contributed by atoms with E-state index < -0.39 is 23.4 Å². The molecule has 3 rings (SSSR count). The summed E-state index contributed by atoms with van der Waals surface area (Å²) in [6.07, 6.45) is 12.7. The van der Waals surface area contributed by atoms with Gasteiger partial charge in [-0.05, 0) is 59.9 Å². The van der Waals surface area contributed by atoms with E-state index in [9.17, 15) is 13.6 Å². The lowest BCUT2D eigenvalue weighted by Crippen LogP contribution is -2.10. The Labute approximate surface area is 226 Å². The number of esters is 1. The van der Waals surface area contributed by atoms with Gasteiger partial charge in [-0.25, -0.2) is 9.18 Å². The molecule has 5 heteroatoms. The first-order chi connectivity index (χ1) is 18.5. The van der Waals surface area contributed by atoms with Gasteiger partial charge >= 0.3 is 5.97 Å². The third-order valence-corrected chi connectivity index (χ3v) is 6.67. The first kappa shape index (κ1) is 29.3. The van der Waals surface area contributed by atoms with Gasteiger partial charge in [0.2, 0.25) is 5.82 Å². The molecule has 0 aliphatic carbocycles. The highest BCUT2D eigenvalue weighted by Gasteiger charge is 2.17. The summed E-state index contributed by atoms with van der Waals surface area (Å²) >= 11 is 0. The average molecular weight is 523 g/mol. The standard InChI is InChI=1S/C33H40F2O3/c1-3-5-6-7-8-9-10-11-12-24-37-29-21-18-26(19-22-29)25-14-16-28(17-15-25)33(36)38-30-23-20-27(13-4-2)31(34)32(30)35/h14-23H,3-13,24H2,1-2H3. The molecule has 0 saturated carbocycles. The summed E-state index contributed by atoms with van der Waals surface area (Å²) in [4.78, 5) is 12.5. The van der Waals surface area contributed by atoms with Crippen LogP contribution in [0.5, 0.6) is 11.5 Å². The van der Waals surface area contributed by atoms with E-state index in [1.54, 1.807) is 24.3 Å². The van der Waals surface area contributed by atoms with Gasteiger partial charge in [0.1, 0.15) is 5.75 Å². The van der Waals surface area contributed by atoms with Crippen molar-refractivity contribution in [3.63, 3.8) is 0 Å². The zero-order valence-corrected chi connectivity index (χ0v) is 22.7. The molecule has 0 radical (unpaired) electrons. The topological polar surface area (TPSA) is 35.5 Å². The molecule has 0 aliphatic heterocycles. The Morgan fingerprint density at radius 1 is 0.658 bits per heavy atom. The van der Waals surface area contributed by atoms with Crippen molar-refractivity contribution in [2.24, 2.45) is 0 Å². The van der Waals surface area contributed by atoms with Gasteiger partial charge in [0.05, 0.1) is 12.2 Å². The van der Waals surface area contributed by atoms with Crippen LogP contribution in [0.3, 0.4) is 0 Å². The van der Waals surface area contributed by atoms with Crippen LogP contribution in [0.1, 0.15) is 94.0 Å². The van der Waals surface area contributed by atoms with Crippen LogP contribution in [0.15, 0.2) is 60.7 Å². The fraction of sp³-hybridized carbons (Fsp3) is 0.424. The summed E-state index contributed by atoms with van der Waals surface area (Å²) in [5.74, 6) is -2.41. The molecule has 0 unspecified atom stereocenters. The highest BCUT2D eigenvalue weighted by atomic mass is 19.2. The lowest BCUT2D eigenvalue weighted by atomic mass is 10.0. The predicted molar refractivity (Wildman–Crippen MR) is 150 cm³/mol. The fourth-order valence-corrected chi connectivity index (χ4v) is 4.42. The van der Waals surface area contributed by atoms with Gasteiger partial charge < -0.3 is 9.47 Å². The third kappa shape index (κ3) is 8.97. The van der Waals surface area contributed by atoms with Gasteiger partial charge in [0, 0.05) is 0 Å². The van der Waals surface area contributed by atoms with Crippen LogP contribution < -0.4 is 9.47 Å². The lowest BCUT2D eigenvalue weighted by molar-refractivity contribution is 0.0726. The maximum Gasteiger partial charge on any atom is 0.343 e. The third-order valence-electron chi connectivity index (χ3n) is 6.67. The summed E-state index contributed by atoms with van der Waals surface area (Å²) in [5.41, 5.74) is 2.44. The molecule has 0 saturated heterocycles. The van der Waals surface area contributed by atoms with Crippen molar-refractivity contribution in [1.29, 1.82) is 0 Å². The van der Waals surface area contributed by atoms with Crippen LogP contribution in [0.25, 0.3) is 11.1 Å². The van der Waals surface area contributed by atoms with E-state index in [1.165, 1.54) is 63.5 Å². The molecule has 0 N–H and O–H groups in total. The van der Waals surface area contributed by atoms with E-state index in [4.69, 9.17) is 9.47 Å². The molecule has 204 valence electrons. The number of unbranched alkanes of at least 4 members (excludes halogenated alkanes) is 8. The van der Waals surface area contributed by atoms with Crippen LogP contribution in [0.2, 0.25) is 0 Å². The van der Waals surface area contributed by atoms with Gasteiger partial charge in [-0.3, -0.25) is 0 Å². The molecule has 3 aromatic rings. The predicted octanol–water partition coefficient (Wildman–Crippen LogP) is 9.71. The molecule has 0 fully saturated rings. The lowest BCUT2D eigenvalue weighted by Gasteiger charge is -2.10. The molecule has 0 aliphatic rings. The van der Waals surface area contributed by atoms with Crippen molar-refractivity contribution in [3.8, 4) is 22.6 Å². The number of ether oxygens (including phenoxy) is 2. The average Bonchev–Trinajstić information content (AvgIpc) is 2.94. The number of hydrogen-bond donors (Lipinski definition) is 0. The minimum Gasteiger partial charge on any atom is -0.494 e. The Kier molecular flexibility index (Phi) is 12.3. The zero-order valence-electron chi connectivity index (χ0n) is 22.7. The zero-order chi connectivity index (χ0) is 27.2. The molecule has 0 atom stereocenters. The largest absolute Gasteiger partial charge is 0.494 e. The van der Waals surface area contributed by atoms with Crippen molar-refractivity contribution in [2.45, 2.75) is 84.5 Å². The fourth-order valence-electron chi connectivity index (χ4n) is 4.42. The molecule has 3 nitrogen and oxygen atoms in total. The maximum absolute atomic E-state index is 14.3. The quantitative estimate of drug-likeness (QED) is 0.107. The van der Waals surface area contributed by atoms with Crippen LogP contribution in [0.4, 0.5) is 8.78 Å². The van der Waals surface area contributed by atoms with E-state index in [-0.39, 0.29) is 11.1 Å². The van der Waals surface area contributed by atoms with Crippen LogP contribution in [-0.2, 0) is 6.42 Å². The first-order valence-corrected chi connectivity index (χ1v) is 14.1. The van der Waals surface area contributed by atoms with E-state index in [0.717, 1.165) is 29.9 Å². The number of carbonyl (C=O) groups excluding carboxylic acids is 1. The Morgan fingerprint density at radius 2 is 1.24 bits per heavy atom. The van der Waals surface area contributed by atoms with Gasteiger partial charge in [-0.15, -0.1) is 0 Å². The van der Waals surface area contributed by atoms with Crippen molar-refractivity contribution in [1.82, 2.24) is 0 Å². The second-order valence-electron chi connectivity index (χ2n) is 9.77. The first-order valence-electron chi connectivity index (χ1n) is 14.1. The van der Waals surface area contributed by atoms with Crippen molar-refractivity contribution in [3.05, 3.63) is 83.4 Å². The Morgan fingerprint density at radius 3 is 1.84 bits per heavy atom. The second kappa shape index (κ2) is 15.9.